The molecule has 0 fully saturated rings. The van der Waals surface area contributed by atoms with E-state index in [0.29, 0.717) is 13.1 Å². The molecule has 0 unspecified atom stereocenters. The highest BCUT2D eigenvalue weighted by Gasteiger charge is 2.26. The molecule has 0 saturated carbocycles. The summed E-state index contributed by atoms with van der Waals surface area (Å²) < 4.78 is 5.35. The van der Waals surface area contributed by atoms with Gasteiger partial charge in [-0.3, -0.25) is 4.79 Å². The molecule has 1 aromatic heterocycles. The second-order valence-corrected chi connectivity index (χ2v) is 5.67. The summed E-state index contributed by atoms with van der Waals surface area (Å²) in [4.78, 5) is 14.7. The van der Waals surface area contributed by atoms with E-state index in [2.05, 4.69) is 5.16 Å². The van der Waals surface area contributed by atoms with E-state index in [1.54, 1.807) is 0 Å². The molecule has 1 aliphatic heterocycles. The Morgan fingerprint density at radius 3 is 2.91 bits per heavy atom. The molecule has 0 spiro atoms. The zero-order valence-corrected chi connectivity index (χ0v) is 12.4. The van der Waals surface area contributed by atoms with Crippen molar-refractivity contribution in [3.05, 3.63) is 65.0 Å². The molecule has 1 aliphatic rings. The van der Waals surface area contributed by atoms with Gasteiger partial charge < -0.3 is 9.42 Å². The zero-order valence-electron chi connectivity index (χ0n) is 12.4. The van der Waals surface area contributed by atoms with Crippen molar-refractivity contribution >= 4 is 16.7 Å². The first-order valence-electron chi connectivity index (χ1n) is 7.45. The first kappa shape index (κ1) is 13.1. The number of aromatic nitrogens is 1. The molecule has 4 rings (SSSR count). The van der Waals surface area contributed by atoms with Gasteiger partial charge in [-0.2, -0.15) is 0 Å². The van der Waals surface area contributed by atoms with Crippen LogP contribution in [0.4, 0.5) is 0 Å². The van der Waals surface area contributed by atoms with Crippen LogP contribution in [0, 0.1) is 6.92 Å². The van der Waals surface area contributed by atoms with Gasteiger partial charge in [0, 0.05) is 17.7 Å². The van der Waals surface area contributed by atoms with E-state index in [4.69, 9.17) is 4.52 Å². The van der Waals surface area contributed by atoms with Gasteiger partial charge in [0.05, 0.1) is 12.2 Å². The lowest BCUT2D eigenvalue weighted by atomic mass is 10.0. The van der Waals surface area contributed by atoms with Crippen LogP contribution in [0.25, 0.3) is 10.8 Å². The molecular weight excluding hydrogens is 276 g/mol. The van der Waals surface area contributed by atoms with Crippen LogP contribution in [0.15, 0.2) is 47.0 Å². The molecule has 0 bridgehead atoms. The van der Waals surface area contributed by atoms with Crippen molar-refractivity contribution in [1.29, 1.82) is 0 Å². The van der Waals surface area contributed by atoms with Gasteiger partial charge in [-0.25, -0.2) is 0 Å². The molecule has 4 nitrogen and oxygen atoms in total. The Kier molecular flexibility index (Phi) is 2.96. The van der Waals surface area contributed by atoms with Crippen LogP contribution in [0.2, 0.25) is 0 Å². The average molecular weight is 292 g/mol. The smallest absolute Gasteiger partial charge is 0.254 e. The topological polar surface area (TPSA) is 46.3 Å². The molecule has 4 heteroatoms. The largest absolute Gasteiger partial charge is 0.359 e. The van der Waals surface area contributed by atoms with Crippen molar-refractivity contribution in [1.82, 2.24) is 10.1 Å². The number of aryl methyl sites for hydroxylation is 1. The molecule has 22 heavy (non-hydrogen) atoms. The summed E-state index contributed by atoms with van der Waals surface area (Å²) >= 11 is 0. The van der Waals surface area contributed by atoms with E-state index in [1.807, 2.05) is 54.3 Å². The van der Waals surface area contributed by atoms with Gasteiger partial charge >= 0.3 is 0 Å². The van der Waals surface area contributed by atoms with Gasteiger partial charge in [-0.15, -0.1) is 0 Å². The molecule has 1 amide bonds. The molecule has 0 radical (unpaired) electrons. The zero-order chi connectivity index (χ0) is 15.1. The van der Waals surface area contributed by atoms with Crippen LogP contribution < -0.4 is 0 Å². The Morgan fingerprint density at radius 2 is 2.00 bits per heavy atom. The second kappa shape index (κ2) is 4.98. The minimum absolute atomic E-state index is 0.0523. The number of hydrogen-bond donors (Lipinski definition) is 0. The average Bonchev–Trinajstić information content (AvgIpc) is 2.94. The van der Waals surface area contributed by atoms with Gasteiger partial charge in [-0.1, -0.05) is 41.6 Å². The number of benzene rings is 2. The number of carbonyl (C=O) groups excluding carboxylic acids is 1. The standard InChI is InChI=1S/C18H16N2O2/c1-12-14-9-10-20(11-17(14)22-19-12)18(21)16-8-4-6-13-5-2-3-7-15(13)16/h2-8H,9-11H2,1H3. The predicted octanol–water partition coefficient (Wildman–Crippen LogP) is 3.33. The summed E-state index contributed by atoms with van der Waals surface area (Å²) in [5.41, 5.74) is 2.84. The van der Waals surface area contributed by atoms with Crippen molar-refractivity contribution < 1.29 is 9.32 Å². The highest BCUT2D eigenvalue weighted by atomic mass is 16.5. The number of amides is 1. The first-order valence-corrected chi connectivity index (χ1v) is 7.45. The van der Waals surface area contributed by atoms with Gasteiger partial charge in [-0.05, 0) is 30.2 Å². The molecular formula is C18H16N2O2. The third-order valence-corrected chi connectivity index (χ3v) is 4.34. The normalized spacial score (nSPS) is 14.1. The van der Waals surface area contributed by atoms with Gasteiger partial charge in [0.1, 0.15) is 0 Å². The summed E-state index contributed by atoms with van der Waals surface area (Å²) in [6.07, 6.45) is 0.807. The molecule has 0 saturated heterocycles. The summed E-state index contributed by atoms with van der Waals surface area (Å²) in [7, 11) is 0. The first-order chi connectivity index (χ1) is 10.7. The predicted molar refractivity (Wildman–Crippen MR) is 83.6 cm³/mol. The fourth-order valence-corrected chi connectivity index (χ4v) is 3.13. The van der Waals surface area contributed by atoms with Crippen molar-refractivity contribution in [2.45, 2.75) is 19.9 Å². The second-order valence-electron chi connectivity index (χ2n) is 5.67. The van der Waals surface area contributed by atoms with Gasteiger partial charge in [0.15, 0.2) is 5.76 Å². The van der Waals surface area contributed by atoms with E-state index < -0.39 is 0 Å². The number of fused-ring (bicyclic) bond motifs is 2. The summed E-state index contributed by atoms with van der Waals surface area (Å²) in [5.74, 6) is 0.869. The van der Waals surface area contributed by atoms with E-state index >= 15 is 0 Å². The van der Waals surface area contributed by atoms with E-state index in [-0.39, 0.29) is 5.91 Å². The Morgan fingerprint density at radius 1 is 1.18 bits per heavy atom. The summed E-state index contributed by atoms with van der Waals surface area (Å²) in [5, 5.41) is 6.08. The Balaban J connectivity index is 1.70. The lowest BCUT2D eigenvalue weighted by Crippen LogP contribution is -2.35. The summed E-state index contributed by atoms with van der Waals surface area (Å²) in [6, 6.07) is 13.8. The fourth-order valence-electron chi connectivity index (χ4n) is 3.13. The maximum Gasteiger partial charge on any atom is 0.254 e. The van der Waals surface area contributed by atoms with Crippen molar-refractivity contribution in [2.75, 3.05) is 6.54 Å². The van der Waals surface area contributed by atoms with Gasteiger partial charge in [0.25, 0.3) is 5.91 Å². The third-order valence-electron chi connectivity index (χ3n) is 4.34. The highest BCUT2D eigenvalue weighted by Crippen LogP contribution is 2.25. The minimum atomic E-state index is 0.0523. The van der Waals surface area contributed by atoms with Crippen LogP contribution in [0.3, 0.4) is 0 Å². The Bertz CT molecular complexity index is 861. The maximum atomic E-state index is 12.9. The highest BCUT2D eigenvalue weighted by molar-refractivity contribution is 6.07. The Labute approximate surface area is 128 Å². The minimum Gasteiger partial charge on any atom is -0.359 e. The molecule has 110 valence electrons. The number of carbonyl (C=O) groups is 1. The molecule has 2 aromatic carbocycles. The number of hydrogen-bond acceptors (Lipinski definition) is 3. The van der Waals surface area contributed by atoms with Crippen molar-refractivity contribution in [2.24, 2.45) is 0 Å². The SMILES string of the molecule is Cc1noc2c1CCN(C(=O)c1cccc3ccccc13)C2. The van der Waals surface area contributed by atoms with Gasteiger partial charge in [0.2, 0.25) is 0 Å². The lowest BCUT2D eigenvalue weighted by Gasteiger charge is -2.26. The molecule has 0 atom stereocenters. The lowest BCUT2D eigenvalue weighted by molar-refractivity contribution is 0.0718. The number of rotatable bonds is 1. The van der Waals surface area contributed by atoms with E-state index in [1.165, 1.54) is 0 Å². The van der Waals surface area contributed by atoms with E-state index in [9.17, 15) is 4.79 Å². The van der Waals surface area contributed by atoms with Crippen molar-refractivity contribution in [3.63, 3.8) is 0 Å². The van der Waals surface area contributed by atoms with Crippen molar-refractivity contribution in [3.8, 4) is 0 Å². The Hall–Kier alpha value is -2.62. The van der Waals surface area contributed by atoms with Crippen LogP contribution in [0.5, 0.6) is 0 Å². The molecule has 0 aliphatic carbocycles. The summed E-state index contributed by atoms with van der Waals surface area (Å²) in [6.45, 7) is 3.15. The van der Waals surface area contributed by atoms with Crippen LogP contribution in [0.1, 0.15) is 27.4 Å². The molecule has 2 heterocycles. The molecule has 0 N–H and O–H groups in total. The maximum absolute atomic E-state index is 12.9. The third kappa shape index (κ3) is 1.99. The number of nitrogens with zero attached hydrogens (tertiary/aromatic N) is 2. The molecule has 3 aromatic rings. The fraction of sp³-hybridized carbons (Fsp3) is 0.222. The van der Waals surface area contributed by atoms with Crippen LogP contribution >= 0.6 is 0 Å². The van der Waals surface area contributed by atoms with Crippen LogP contribution in [-0.4, -0.2) is 22.5 Å². The van der Waals surface area contributed by atoms with Crippen LogP contribution in [-0.2, 0) is 13.0 Å². The monoisotopic (exact) mass is 292 g/mol. The van der Waals surface area contributed by atoms with E-state index in [0.717, 1.165) is 39.8 Å². The quantitative estimate of drug-likeness (QED) is 0.691.